The Morgan fingerprint density at radius 2 is 2.16 bits per heavy atom. The second-order valence-corrected chi connectivity index (χ2v) is 6.32. The maximum absolute atomic E-state index is 12.1. The number of nitrogens with one attached hydrogen (secondary N) is 1. The van der Waals surface area contributed by atoms with Gasteiger partial charge in [0.25, 0.3) is 0 Å². The molecule has 0 bridgehead atoms. The van der Waals surface area contributed by atoms with E-state index in [9.17, 15) is 8.42 Å². The molecule has 0 aliphatic carbocycles. The van der Waals surface area contributed by atoms with E-state index < -0.39 is 10.0 Å². The first-order valence-corrected chi connectivity index (χ1v) is 7.92. The monoisotopic (exact) mass is 285 g/mol. The summed E-state index contributed by atoms with van der Waals surface area (Å²) >= 11 is 0. The Labute approximate surface area is 113 Å². The molecular formula is C13H19NO4S. The van der Waals surface area contributed by atoms with E-state index >= 15 is 0 Å². The molecular weight excluding hydrogens is 266 g/mol. The highest BCUT2D eigenvalue weighted by Gasteiger charge is 2.19. The van der Waals surface area contributed by atoms with Gasteiger partial charge in [0.05, 0.1) is 17.6 Å². The summed E-state index contributed by atoms with van der Waals surface area (Å²) < 4.78 is 32.2. The minimum Gasteiger partial charge on any atom is -0.392 e. The third-order valence-electron chi connectivity index (χ3n) is 3.21. The van der Waals surface area contributed by atoms with Crippen molar-refractivity contribution < 1.29 is 18.3 Å². The van der Waals surface area contributed by atoms with E-state index in [1.54, 1.807) is 18.2 Å². The Kier molecular flexibility index (Phi) is 4.93. The summed E-state index contributed by atoms with van der Waals surface area (Å²) in [6.07, 6.45) is 2.89. The third kappa shape index (κ3) is 3.76. The number of hydrogen-bond acceptors (Lipinski definition) is 4. The fraction of sp³-hybridized carbons (Fsp3) is 0.538. The summed E-state index contributed by atoms with van der Waals surface area (Å²) in [5.41, 5.74) is 0.409. The van der Waals surface area contributed by atoms with Crippen molar-refractivity contribution >= 4 is 10.0 Å². The Balaban J connectivity index is 1.97. The number of sulfonamides is 1. The van der Waals surface area contributed by atoms with Gasteiger partial charge in [-0.2, -0.15) is 0 Å². The molecule has 0 aromatic heterocycles. The van der Waals surface area contributed by atoms with Crippen LogP contribution in [0.2, 0.25) is 0 Å². The van der Waals surface area contributed by atoms with E-state index in [-0.39, 0.29) is 17.6 Å². The normalized spacial score (nSPS) is 19.7. The fourth-order valence-corrected chi connectivity index (χ4v) is 3.48. The molecule has 6 heteroatoms. The van der Waals surface area contributed by atoms with Crippen molar-refractivity contribution in [2.75, 3.05) is 13.2 Å². The molecule has 1 fully saturated rings. The number of hydrogen-bond donors (Lipinski definition) is 2. The number of benzene rings is 1. The first-order chi connectivity index (χ1) is 9.13. The van der Waals surface area contributed by atoms with Crippen LogP contribution < -0.4 is 4.72 Å². The van der Waals surface area contributed by atoms with Crippen LogP contribution in [0.5, 0.6) is 0 Å². The van der Waals surface area contributed by atoms with Gasteiger partial charge in [0.15, 0.2) is 0 Å². The smallest absolute Gasteiger partial charge is 0.240 e. The molecule has 2 rings (SSSR count). The van der Waals surface area contributed by atoms with Gasteiger partial charge in [-0.05, 0) is 30.9 Å². The average Bonchev–Trinajstić information content (AvgIpc) is 2.91. The van der Waals surface area contributed by atoms with E-state index in [0.29, 0.717) is 18.5 Å². The van der Waals surface area contributed by atoms with Gasteiger partial charge in [0.1, 0.15) is 0 Å². The maximum Gasteiger partial charge on any atom is 0.240 e. The van der Waals surface area contributed by atoms with Gasteiger partial charge in [-0.3, -0.25) is 0 Å². The van der Waals surface area contributed by atoms with E-state index in [4.69, 9.17) is 9.84 Å². The number of aliphatic hydroxyl groups is 1. The Morgan fingerprint density at radius 3 is 2.84 bits per heavy atom. The van der Waals surface area contributed by atoms with E-state index in [1.807, 2.05) is 0 Å². The van der Waals surface area contributed by atoms with Crippen molar-refractivity contribution in [1.82, 2.24) is 4.72 Å². The van der Waals surface area contributed by atoms with Crippen LogP contribution in [0.4, 0.5) is 0 Å². The van der Waals surface area contributed by atoms with Gasteiger partial charge in [0.2, 0.25) is 10.0 Å². The quantitative estimate of drug-likeness (QED) is 0.818. The van der Waals surface area contributed by atoms with Crippen molar-refractivity contribution in [2.24, 2.45) is 0 Å². The van der Waals surface area contributed by atoms with Crippen LogP contribution in [0.25, 0.3) is 0 Å². The molecule has 106 valence electrons. The highest BCUT2D eigenvalue weighted by Crippen LogP contribution is 2.17. The van der Waals surface area contributed by atoms with Crippen LogP contribution in [-0.4, -0.2) is 32.8 Å². The Morgan fingerprint density at radius 1 is 1.37 bits per heavy atom. The van der Waals surface area contributed by atoms with Gasteiger partial charge in [-0.15, -0.1) is 0 Å². The lowest BCUT2D eigenvalue weighted by Crippen LogP contribution is -2.28. The molecule has 1 aliphatic rings. The Hall–Kier alpha value is -0.950. The Bertz CT molecular complexity index is 509. The molecule has 1 saturated heterocycles. The van der Waals surface area contributed by atoms with Gasteiger partial charge in [-0.25, -0.2) is 13.1 Å². The molecule has 1 heterocycles. The van der Waals surface area contributed by atoms with Crippen LogP contribution in [0, 0.1) is 0 Å². The lowest BCUT2D eigenvalue weighted by Gasteiger charge is -2.12. The zero-order valence-corrected chi connectivity index (χ0v) is 11.5. The lowest BCUT2D eigenvalue weighted by atomic mass is 10.2. The zero-order valence-electron chi connectivity index (χ0n) is 10.7. The predicted molar refractivity (Wildman–Crippen MR) is 71.1 cm³/mol. The molecule has 1 aromatic carbocycles. The maximum atomic E-state index is 12.1. The van der Waals surface area contributed by atoms with Crippen molar-refractivity contribution in [3.63, 3.8) is 0 Å². The predicted octanol–water partition coefficient (Wildman–Crippen LogP) is 1.03. The second-order valence-electron chi connectivity index (χ2n) is 4.59. The van der Waals surface area contributed by atoms with Crippen molar-refractivity contribution in [2.45, 2.75) is 36.9 Å². The highest BCUT2D eigenvalue weighted by atomic mass is 32.2. The highest BCUT2D eigenvalue weighted by molar-refractivity contribution is 7.89. The molecule has 0 saturated carbocycles. The first kappa shape index (κ1) is 14.5. The zero-order chi connectivity index (χ0) is 13.7. The second kappa shape index (κ2) is 6.47. The third-order valence-corrected chi connectivity index (χ3v) is 4.78. The molecule has 1 aromatic rings. The minimum atomic E-state index is -3.56. The van der Waals surface area contributed by atoms with Crippen LogP contribution in [0.15, 0.2) is 29.2 Å². The summed E-state index contributed by atoms with van der Waals surface area (Å²) in [5, 5.41) is 9.17. The van der Waals surface area contributed by atoms with Crippen molar-refractivity contribution in [1.29, 1.82) is 0 Å². The topological polar surface area (TPSA) is 75.6 Å². The van der Waals surface area contributed by atoms with Crippen LogP contribution >= 0.6 is 0 Å². The average molecular weight is 285 g/mol. The molecule has 0 radical (unpaired) electrons. The first-order valence-electron chi connectivity index (χ1n) is 6.43. The van der Waals surface area contributed by atoms with E-state index in [0.717, 1.165) is 19.4 Å². The summed E-state index contributed by atoms with van der Waals surface area (Å²) in [6, 6.07) is 6.46. The summed E-state index contributed by atoms with van der Waals surface area (Å²) in [6.45, 7) is 0.834. The molecule has 1 atom stereocenters. The van der Waals surface area contributed by atoms with Crippen LogP contribution in [-0.2, 0) is 21.4 Å². The van der Waals surface area contributed by atoms with Gasteiger partial charge >= 0.3 is 0 Å². The SMILES string of the molecule is O=S(=O)(NCCC1CCCO1)c1ccccc1CO. The van der Waals surface area contributed by atoms with Crippen LogP contribution in [0.3, 0.4) is 0 Å². The van der Waals surface area contributed by atoms with Gasteiger partial charge < -0.3 is 9.84 Å². The van der Waals surface area contributed by atoms with Gasteiger partial charge in [0, 0.05) is 13.2 Å². The summed E-state index contributed by atoms with van der Waals surface area (Å²) in [4.78, 5) is 0.143. The van der Waals surface area contributed by atoms with Crippen molar-refractivity contribution in [3.8, 4) is 0 Å². The molecule has 0 spiro atoms. The number of aliphatic hydroxyl groups excluding tert-OH is 1. The summed E-state index contributed by atoms with van der Waals surface area (Å²) in [5.74, 6) is 0. The number of ether oxygens (including phenoxy) is 1. The minimum absolute atomic E-state index is 0.143. The van der Waals surface area contributed by atoms with Crippen molar-refractivity contribution in [3.05, 3.63) is 29.8 Å². The molecule has 5 nitrogen and oxygen atoms in total. The largest absolute Gasteiger partial charge is 0.392 e. The molecule has 0 amide bonds. The van der Waals surface area contributed by atoms with E-state index in [2.05, 4.69) is 4.72 Å². The van der Waals surface area contributed by atoms with Gasteiger partial charge in [-0.1, -0.05) is 18.2 Å². The fourth-order valence-electron chi connectivity index (χ4n) is 2.20. The standard InChI is InChI=1S/C13H19NO4S/c15-10-11-4-1-2-6-13(11)19(16,17)14-8-7-12-5-3-9-18-12/h1-2,4,6,12,14-15H,3,5,7-10H2. The molecule has 19 heavy (non-hydrogen) atoms. The summed E-state index contributed by atoms with van der Waals surface area (Å²) in [7, 11) is -3.56. The molecule has 1 aliphatic heterocycles. The molecule has 1 unspecified atom stereocenters. The van der Waals surface area contributed by atoms with Crippen LogP contribution in [0.1, 0.15) is 24.8 Å². The molecule has 2 N–H and O–H groups in total. The van der Waals surface area contributed by atoms with E-state index in [1.165, 1.54) is 6.07 Å². The lowest BCUT2D eigenvalue weighted by molar-refractivity contribution is 0.105. The number of rotatable bonds is 6.